The van der Waals surface area contributed by atoms with Crippen LogP contribution in [-0.2, 0) is 16.1 Å². The van der Waals surface area contributed by atoms with Gasteiger partial charge in [0.05, 0.1) is 35.1 Å². The van der Waals surface area contributed by atoms with Crippen molar-refractivity contribution in [2.45, 2.75) is 33.4 Å². The molecule has 0 spiro atoms. The average molecular weight is 648 g/mol. The number of carbonyl (C=O) groups is 1. The fourth-order valence-electron chi connectivity index (χ4n) is 5.79. The quantitative estimate of drug-likeness (QED) is 0.173. The molecule has 1 aromatic heterocycles. The van der Waals surface area contributed by atoms with Crippen LogP contribution in [-0.4, -0.2) is 37.8 Å². The third kappa shape index (κ3) is 6.44. The molecule has 0 saturated carbocycles. The van der Waals surface area contributed by atoms with Crippen molar-refractivity contribution in [3.05, 3.63) is 133 Å². The van der Waals surface area contributed by atoms with Crippen LogP contribution in [0.15, 0.2) is 106 Å². The van der Waals surface area contributed by atoms with E-state index < -0.39 is 12.0 Å². The molecule has 6 rings (SSSR count). The molecule has 8 nitrogen and oxygen atoms in total. The maximum atomic E-state index is 14.1. The number of fused-ring (bicyclic) bond motifs is 2. The molecule has 1 unspecified atom stereocenters. The Bertz CT molecular complexity index is 2160. The van der Waals surface area contributed by atoms with Gasteiger partial charge in [-0.25, -0.2) is 9.79 Å². The van der Waals surface area contributed by atoms with E-state index in [0.717, 1.165) is 33.2 Å². The zero-order valence-corrected chi connectivity index (χ0v) is 28.0. The number of rotatable bonds is 10. The molecule has 9 heteroatoms. The first kappa shape index (κ1) is 31.8. The predicted octanol–water partition coefficient (Wildman–Crippen LogP) is 6.00. The second-order valence-corrected chi connectivity index (χ2v) is 12.4. The third-order valence-corrected chi connectivity index (χ3v) is 9.05. The Morgan fingerprint density at radius 2 is 1.70 bits per heavy atom. The lowest BCUT2D eigenvalue weighted by Crippen LogP contribution is -2.39. The van der Waals surface area contributed by atoms with Crippen molar-refractivity contribution in [2.24, 2.45) is 4.99 Å². The predicted molar refractivity (Wildman–Crippen MR) is 187 cm³/mol. The molecule has 1 aliphatic rings. The lowest BCUT2D eigenvalue weighted by molar-refractivity contribution is -0.139. The largest absolute Gasteiger partial charge is 0.490 e. The van der Waals surface area contributed by atoms with Gasteiger partial charge in [-0.15, -0.1) is 0 Å². The van der Waals surface area contributed by atoms with E-state index in [0.29, 0.717) is 45.3 Å². The molecule has 0 saturated heterocycles. The van der Waals surface area contributed by atoms with Crippen molar-refractivity contribution in [1.29, 1.82) is 0 Å². The van der Waals surface area contributed by atoms with Crippen molar-refractivity contribution in [3.63, 3.8) is 0 Å². The van der Waals surface area contributed by atoms with E-state index in [1.807, 2.05) is 92.7 Å². The fourth-order valence-corrected chi connectivity index (χ4v) is 6.84. The number of nitrogens with zero attached hydrogens (tertiary/aromatic N) is 3. The normalized spacial score (nSPS) is 14.5. The van der Waals surface area contributed by atoms with Gasteiger partial charge in [0.2, 0.25) is 0 Å². The van der Waals surface area contributed by atoms with Gasteiger partial charge in [0.15, 0.2) is 16.3 Å². The molecule has 240 valence electrons. The van der Waals surface area contributed by atoms with Crippen LogP contribution in [0.1, 0.15) is 43.5 Å². The Kier molecular flexibility index (Phi) is 9.26. The third-order valence-electron chi connectivity index (χ3n) is 8.07. The number of hydrogen-bond donors (Lipinski definition) is 0. The second-order valence-electron chi connectivity index (χ2n) is 11.4. The maximum Gasteiger partial charge on any atom is 0.338 e. The van der Waals surface area contributed by atoms with Gasteiger partial charge < -0.3 is 19.1 Å². The SMILES string of the molecule is CCOC(=O)C1=C(C)N=c2s/c(=C/c3ccc(OCc4cccc5ccccc45)c(OCC)c3)c(=O)n2C1c1ccc(N(C)C)cc1. The summed E-state index contributed by atoms with van der Waals surface area (Å²) >= 11 is 1.29. The molecule has 47 heavy (non-hydrogen) atoms. The van der Waals surface area contributed by atoms with Crippen molar-refractivity contribution < 1.29 is 19.0 Å². The number of thiazole rings is 1. The lowest BCUT2D eigenvalue weighted by Gasteiger charge is -2.25. The van der Waals surface area contributed by atoms with E-state index in [1.165, 1.54) is 11.3 Å². The molecular weight excluding hydrogens is 611 g/mol. The smallest absolute Gasteiger partial charge is 0.338 e. The number of allylic oxidation sites excluding steroid dienone is 1. The molecule has 0 aliphatic carbocycles. The van der Waals surface area contributed by atoms with E-state index in [-0.39, 0.29) is 12.2 Å². The Morgan fingerprint density at radius 3 is 2.45 bits per heavy atom. The minimum absolute atomic E-state index is 0.218. The van der Waals surface area contributed by atoms with Crippen LogP contribution in [0.25, 0.3) is 16.8 Å². The second kappa shape index (κ2) is 13.7. The van der Waals surface area contributed by atoms with Crippen LogP contribution in [0.5, 0.6) is 11.5 Å². The molecule has 0 amide bonds. The molecule has 0 bridgehead atoms. The number of esters is 1. The molecule has 0 radical (unpaired) electrons. The highest BCUT2D eigenvalue weighted by atomic mass is 32.1. The van der Waals surface area contributed by atoms with Crippen LogP contribution in [0.2, 0.25) is 0 Å². The zero-order valence-electron chi connectivity index (χ0n) is 27.2. The number of hydrogen-bond acceptors (Lipinski definition) is 8. The molecule has 1 aliphatic heterocycles. The summed E-state index contributed by atoms with van der Waals surface area (Å²) in [5.74, 6) is 0.730. The highest BCUT2D eigenvalue weighted by Gasteiger charge is 2.33. The summed E-state index contributed by atoms with van der Waals surface area (Å²) in [5.41, 5.74) is 4.32. The molecule has 4 aromatic carbocycles. The van der Waals surface area contributed by atoms with E-state index >= 15 is 0 Å². The van der Waals surface area contributed by atoms with Crippen LogP contribution >= 0.6 is 11.3 Å². The van der Waals surface area contributed by atoms with Crippen molar-refractivity contribution >= 4 is 39.8 Å². The van der Waals surface area contributed by atoms with Crippen LogP contribution in [0, 0.1) is 0 Å². The van der Waals surface area contributed by atoms with Gasteiger partial charge in [-0.05, 0) is 78.6 Å². The monoisotopic (exact) mass is 647 g/mol. The van der Waals surface area contributed by atoms with Crippen LogP contribution < -0.4 is 29.3 Å². The van der Waals surface area contributed by atoms with Crippen molar-refractivity contribution in [2.75, 3.05) is 32.2 Å². The Balaban J connectivity index is 1.38. The summed E-state index contributed by atoms with van der Waals surface area (Å²) in [6, 6.07) is 27.2. The van der Waals surface area contributed by atoms with Gasteiger partial charge in [0.1, 0.15) is 6.61 Å². The summed E-state index contributed by atoms with van der Waals surface area (Å²) in [4.78, 5) is 34.5. The molecule has 5 aromatic rings. The molecule has 2 heterocycles. The Hall–Kier alpha value is -5.15. The summed E-state index contributed by atoms with van der Waals surface area (Å²) in [5, 5.41) is 2.31. The molecular formula is C38H37N3O5S. The molecule has 0 fully saturated rings. The zero-order chi connectivity index (χ0) is 33.1. The van der Waals surface area contributed by atoms with Gasteiger partial charge in [-0.2, -0.15) is 0 Å². The minimum Gasteiger partial charge on any atom is -0.490 e. The van der Waals surface area contributed by atoms with Gasteiger partial charge in [-0.3, -0.25) is 9.36 Å². The fraction of sp³-hybridized carbons (Fsp3) is 0.237. The Morgan fingerprint density at radius 1 is 0.936 bits per heavy atom. The summed E-state index contributed by atoms with van der Waals surface area (Å²) in [6.45, 7) is 6.54. The van der Waals surface area contributed by atoms with Crippen molar-refractivity contribution in [1.82, 2.24) is 4.57 Å². The number of carbonyl (C=O) groups excluding carboxylic acids is 1. The standard InChI is InChI=1S/C38H37N3O5S/c1-6-44-32-21-25(15-20-31(32)46-23-28-13-10-12-26-11-8-9-14-30(26)28)22-33-36(42)41-35(27-16-18-29(19-17-27)40(4)5)34(37(43)45-7-2)24(3)39-38(41)47-33/h8-22,35H,6-7,23H2,1-5H3/b33-22+. The number of anilines is 1. The average Bonchev–Trinajstić information content (AvgIpc) is 3.37. The van der Waals surface area contributed by atoms with E-state index in [2.05, 4.69) is 24.3 Å². The lowest BCUT2D eigenvalue weighted by atomic mass is 9.95. The minimum atomic E-state index is -0.674. The first-order chi connectivity index (χ1) is 22.8. The summed E-state index contributed by atoms with van der Waals surface area (Å²) in [7, 11) is 3.93. The number of aromatic nitrogens is 1. The highest BCUT2D eigenvalue weighted by Crippen LogP contribution is 2.33. The number of benzene rings is 4. The van der Waals surface area contributed by atoms with Crippen molar-refractivity contribution in [3.8, 4) is 11.5 Å². The number of ether oxygens (including phenoxy) is 3. The van der Waals surface area contributed by atoms with Crippen LogP contribution in [0.4, 0.5) is 5.69 Å². The molecule has 0 N–H and O–H groups in total. The van der Waals surface area contributed by atoms with Gasteiger partial charge in [0.25, 0.3) is 5.56 Å². The summed E-state index contributed by atoms with van der Waals surface area (Å²) in [6.07, 6.45) is 1.83. The van der Waals surface area contributed by atoms with E-state index in [1.54, 1.807) is 18.4 Å². The maximum absolute atomic E-state index is 14.1. The Labute approximate surface area is 277 Å². The topological polar surface area (TPSA) is 82.4 Å². The van der Waals surface area contributed by atoms with Gasteiger partial charge >= 0.3 is 5.97 Å². The summed E-state index contributed by atoms with van der Waals surface area (Å²) < 4.78 is 19.8. The van der Waals surface area contributed by atoms with Gasteiger partial charge in [0, 0.05) is 19.8 Å². The molecule has 1 atom stereocenters. The van der Waals surface area contributed by atoms with Crippen LogP contribution in [0.3, 0.4) is 0 Å². The van der Waals surface area contributed by atoms with Gasteiger partial charge in [-0.1, -0.05) is 72.0 Å². The first-order valence-electron chi connectivity index (χ1n) is 15.6. The first-order valence-corrected chi connectivity index (χ1v) is 16.4. The van der Waals surface area contributed by atoms with E-state index in [9.17, 15) is 9.59 Å². The highest BCUT2D eigenvalue weighted by molar-refractivity contribution is 7.07. The van der Waals surface area contributed by atoms with E-state index in [4.69, 9.17) is 19.2 Å².